The van der Waals surface area contributed by atoms with Gasteiger partial charge >= 0.3 is 0 Å². The lowest BCUT2D eigenvalue weighted by Gasteiger charge is -2.29. The first-order valence-electron chi connectivity index (χ1n) is 7.54. The Labute approximate surface area is 139 Å². The van der Waals surface area contributed by atoms with Gasteiger partial charge in [-0.25, -0.2) is 0 Å². The average molecular weight is 333 g/mol. The highest BCUT2D eigenvalue weighted by Gasteiger charge is 2.52. The molecule has 6 nitrogen and oxygen atoms in total. The second kappa shape index (κ2) is 5.88. The van der Waals surface area contributed by atoms with E-state index in [1.807, 2.05) is 6.92 Å². The number of anilines is 2. The Hall–Kier alpha value is -2.02. The Morgan fingerprint density at radius 3 is 2.70 bits per heavy atom. The van der Waals surface area contributed by atoms with Gasteiger partial charge in [-0.15, -0.1) is 11.8 Å². The fourth-order valence-corrected chi connectivity index (χ4v) is 4.55. The molecule has 2 atom stereocenters. The second-order valence-electron chi connectivity index (χ2n) is 6.02. The molecule has 2 N–H and O–H groups in total. The van der Waals surface area contributed by atoms with Crippen LogP contribution in [0.4, 0.5) is 11.4 Å². The standard InChI is InChI=1S/C16H19N3O3S/c1-10(20)17-11-4-3-5-12(8-11)18-15(22)13-9-23-16(2)7-6-14(21)19(13)16/h3-5,8,13H,6-7,9H2,1-2H3,(H,17,20)(H,18,22)/t13-,16+/m0/s1. The van der Waals surface area contributed by atoms with Crippen molar-refractivity contribution in [3.63, 3.8) is 0 Å². The summed E-state index contributed by atoms with van der Waals surface area (Å²) in [5.41, 5.74) is 1.23. The SMILES string of the molecule is CC(=O)Nc1cccc(NC(=O)[C@@H]2CS[C@]3(C)CCC(=O)N23)c1. The summed E-state index contributed by atoms with van der Waals surface area (Å²) in [5.74, 6) is 0.305. The summed E-state index contributed by atoms with van der Waals surface area (Å²) in [5, 5.41) is 5.53. The molecule has 0 saturated carbocycles. The summed E-state index contributed by atoms with van der Waals surface area (Å²) < 4.78 is 0. The van der Waals surface area contributed by atoms with Crippen LogP contribution in [0.25, 0.3) is 0 Å². The molecule has 2 aliphatic rings. The first-order chi connectivity index (χ1) is 10.9. The van der Waals surface area contributed by atoms with Crippen molar-refractivity contribution >= 4 is 40.9 Å². The molecule has 0 spiro atoms. The third-order valence-electron chi connectivity index (χ3n) is 4.20. The number of hydrogen-bond donors (Lipinski definition) is 2. The molecule has 23 heavy (non-hydrogen) atoms. The number of hydrogen-bond acceptors (Lipinski definition) is 4. The number of nitrogens with one attached hydrogen (secondary N) is 2. The van der Waals surface area contributed by atoms with E-state index >= 15 is 0 Å². The zero-order valence-corrected chi connectivity index (χ0v) is 13.9. The van der Waals surface area contributed by atoms with Gasteiger partial charge in [-0.1, -0.05) is 6.07 Å². The van der Waals surface area contributed by atoms with Crippen LogP contribution in [-0.2, 0) is 14.4 Å². The maximum atomic E-state index is 12.6. The molecule has 3 amide bonds. The number of nitrogens with zero attached hydrogens (tertiary/aromatic N) is 1. The molecule has 2 aliphatic heterocycles. The van der Waals surface area contributed by atoms with Gasteiger partial charge in [-0.3, -0.25) is 14.4 Å². The molecular weight excluding hydrogens is 314 g/mol. The van der Waals surface area contributed by atoms with Crippen molar-refractivity contribution in [2.24, 2.45) is 0 Å². The molecule has 1 aromatic rings. The van der Waals surface area contributed by atoms with Gasteiger partial charge in [0.15, 0.2) is 0 Å². The predicted octanol–water partition coefficient (Wildman–Crippen LogP) is 2.04. The Bertz CT molecular complexity index is 678. The van der Waals surface area contributed by atoms with Crippen molar-refractivity contribution < 1.29 is 14.4 Å². The largest absolute Gasteiger partial charge is 0.326 e. The van der Waals surface area contributed by atoms with Gasteiger partial charge in [-0.05, 0) is 31.5 Å². The van der Waals surface area contributed by atoms with E-state index in [2.05, 4.69) is 10.6 Å². The fourth-order valence-electron chi connectivity index (χ4n) is 3.12. The smallest absolute Gasteiger partial charge is 0.248 e. The third-order valence-corrected chi connectivity index (χ3v) is 5.70. The van der Waals surface area contributed by atoms with Crippen LogP contribution in [0.1, 0.15) is 26.7 Å². The monoisotopic (exact) mass is 333 g/mol. The summed E-state index contributed by atoms with van der Waals surface area (Å²) >= 11 is 1.66. The topological polar surface area (TPSA) is 78.5 Å². The van der Waals surface area contributed by atoms with E-state index in [0.29, 0.717) is 23.5 Å². The van der Waals surface area contributed by atoms with Gasteiger partial charge in [0.25, 0.3) is 0 Å². The second-order valence-corrected chi connectivity index (χ2v) is 7.52. The van der Waals surface area contributed by atoms with E-state index in [-0.39, 0.29) is 22.6 Å². The first-order valence-corrected chi connectivity index (χ1v) is 8.52. The van der Waals surface area contributed by atoms with Crippen molar-refractivity contribution in [2.75, 3.05) is 16.4 Å². The van der Waals surface area contributed by atoms with E-state index in [4.69, 9.17) is 0 Å². The first kappa shape index (κ1) is 15.9. The van der Waals surface area contributed by atoms with Gasteiger partial charge in [0.1, 0.15) is 6.04 Å². The molecule has 0 unspecified atom stereocenters. The Kier molecular flexibility index (Phi) is 4.06. The van der Waals surface area contributed by atoms with Gasteiger partial charge in [0.05, 0.1) is 4.87 Å². The number of carbonyl (C=O) groups is 3. The summed E-state index contributed by atoms with van der Waals surface area (Å²) in [7, 11) is 0. The van der Waals surface area contributed by atoms with Gasteiger partial charge in [0, 0.05) is 30.5 Å². The highest BCUT2D eigenvalue weighted by atomic mass is 32.2. The van der Waals surface area contributed by atoms with Crippen LogP contribution >= 0.6 is 11.8 Å². The molecule has 3 rings (SSSR count). The number of rotatable bonds is 3. The Morgan fingerprint density at radius 1 is 1.30 bits per heavy atom. The van der Waals surface area contributed by atoms with Crippen molar-refractivity contribution in [3.05, 3.63) is 24.3 Å². The lowest BCUT2D eigenvalue weighted by molar-refractivity contribution is -0.135. The molecule has 0 aromatic heterocycles. The molecule has 2 fully saturated rings. The molecule has 0 radical (unpaired) electrons. The third kappa shape index (κ3) is 3.06. The van der Waals surface area contributed by atoms with Crippen molar-refractivity contribution in [3.8, 4) is 0 Å². The molecular formula is C16H19N3O3S. The minimum atomic E-state index is -0.440. The zero-order chi connectivity index (χ0) is 16.6. The Balaban J connectivity index is 1.72. The maximum absolute atomic E-state index is 12.6. The average Bonchev–Trinajstić information content (AvgIpc) is 2.96. The minimum Gasteiger partial charge on any atom is -0.326 e. The summed E-state index contributed by atoms with van der Waals surface area (Å²) in [6.45, 7) is 3.45. The molecule has 2 saturated heterocycles. The van der Waals surface area contributed by atoms with Crippen LogP contribution in [0.2, 0.25) is 0 Å². The molecule has 1 aromatic carbocycles. The van der Waals surface area contributed by atoms with E-state index in [1.165, 1.54) is 6.92 Å². The minimum absolute atomic E-state index is 0.0460. The molecule has 0 bridgehead atoms. The number of fused-ring (bicyclic) bond motifs is 1. The van der Waals surface area contributed by atoms with Crippen LogP contribution in [-0.4, -0.2) is 39.3 Å². The molecule has 122 valence electrons. The van der Waals surface area contributed by atoms with E-state index < -0.39 is 6.04 Å². The van der Waals surface area contributed by atoms with Crippen molar-refractivity contribution in [1.29, 1.82) is 0 Å². The van der Waals surface area contributed by atoms with E-state index in [1.54, 1.807) is 40.9 Å². The summed E-state index contributed by atoms with van der Waals surface area (Å²) in [6.07, 6.45) is 1.30. The normalized spacial score (nSPS) is 26.1. The highest BCUT2D eigenvalue weighted by Crippen LogP contribution is 2.47. The molecule has 2 heterocycles. The van der Waals surface area contributed by atoms with Crippen LogP contribution in [0.15, 0.2) is 24.3 Å². The van der Waals surface area contributed by atoms with Crippen LogP contribution in [0, 0.1) is 0 Å². The predicted molar refractivity (Wildman–Crippen MR) is 90.1 cm³/mol. The number of amides is 3. The van der Waals surface area contributed by atoms with Gasteiger partial charge < -0.3 is 15.5 Å². The van der Waals surface area contributed by atoms with Crippen LogP contribution in [0.3, 0.4) is 0 Å². The quantitative estimate of drug-likeness (QED) is 0.887. The summed E-state index contributed by atoms with van der Waals surface area (Å²) in [4.78, 5) is 37.2. The highest BCUT2D eigenvalue weighted by molar-refractivity contribution is 8.01. The lowest BCUT2D eigenvalue weighted by Crippen LogP contribution is -2.48. The van der Waals surface area contributed by atoms with Crippen LogP contribution < -0.4 is 10.6 Å². The maximum Gasteiger partial charge on any atom is 0.248 e. The summed E-state index contributed by atoms with van der Waals surface area (Å²) in [6, 6.07) is 6.53. The lowest BCUT2D eigenvalue weighted by atomic mass is 10.2. The number of thioether (sulfide) groups is 1. The van der Waals surface area contributed by atoms with Crippen molar-refractivity contribution in [1.82, 2.24) is 4.90 Å². The Morgan fingerprint density at radius 2 is 2.00 bits per heavy atom. The van der Waals surface area contributed by atoms with E-state index in [9.17, 15) is 14.4 Å². The van der Waals surface area contributed by atoms with E-state index in [0.717, 1.165) is 6.42 Å². The van der Waals surface area contributed by atoms with Gasteiger partial charge in [0.2, 0.25) is 17.7 Å². The molecule has 7 heteroatoms. The number of carbonyl (C=O) groups excluding carboxylic acids is 3. The van der Waals surface area contributed by atoms with Gasteiger partial charge in [-0.2, -0.15) is 0 Å². The van der Waals surface area contributed by atoms with Crippen molar-refractivity contribution in [2.45, 2.75) is 37.6 Å². The van der Waals surface area contributed by atoms with Crippen LogP contribution in [0.5, 0.6) is 0 Å². The zero-order valence-electron chi connectivity index (χ0n) is 13.1. The molecule has 0 aliphatic carbocycles. The fraction of sp³-hybridized carbons (Fsp3) is 0.438. The number of benzene rings is 1.